The number of rotatable bonds is 8. The van der Waals surface area contributed by atoms with Crippen LogP contribution in [-0.4, -0.2) is 12.6 Å². The van der Waals surface area contributed by atoms with Crippen LogP contribution in [0.3, 0.4) is 0 Å². The quantitative estimate of drug-likeness (QED) is 0.760. The SMILES string of the molecule is CCOc1ccc(CC)cc1C(C)CCC(N)CC. The molecule has 19 heavy (non-hydrogen) atoms. The third-order valence-electron chi connectivity index (χ3n) is 3.81. The van der Waals surface area contributed by atoms with E-state index < -0.39 is 0 Å². The van der Waals surface area contributed by atoms with Crippen molar-refractivity contribution < 1.29 is 4.74 Å². The second-order valence-corrected chi connectivity index (χ2v) is 5.31. The van der Waals surface area contributed by atoms with Crippen molar-refractivity contribution in [2.45, 2.75) is 65.3 Å². The highest BCUT2D eigenvalue weighted by Gasteiger charge is 2.13. The number of hydrogen-bond acceptors (Lipinski definition) is 2. The van der Waals surface area contributed by atoms with Crippen LogP contribution in [-0.2, 0) is 6.42 Å². The molecule has 0 aromatic heterocycles. The Balaban J connectivity index is 2.82. The van der Waals surface area contributed by atoms with E-state index in [0.717, 1.165) is 38.0 Å². The molecule has 0 spiro atoms. The van der Waals surface area contributed by atoms with Gasteiger partial charge >= 0.3 is 0 Å². The van der Waals surface area contributed by atoms with Crippen molar-refractivity contribution in [3.63, 3.8) is 0 Å². The van der Waals surface area contributed by atoms with Crippen molar-refractivity contribution in [1.29, 1.82) is 0 Å². The van der Waals surface area contributed by atoms with Crippen molar-refractivity contribution in [2.75, 3.05) is 6.61 Å². The number of benzene rings is 1. The van der Waals surface area contributed by atoms with E-state index in [2.05, 4.69) is 39.0 Å². The second-order valence-electron chi connectivity index (χ2n) is 5.31. The van der Waals surface area contributed by atoms with Crippen molar-refractivity contribution in [3.8, 4) is 5.75 Å². The van der Waals surface area contributed by atoms with Gasteiger partial charge in [-0.05, 0) is 55.7 Å². The number of hydrogen-bond donors (Lipinski definition) is 1. The first-order chi connectivity index (χ1) is 9.12. The van der Waals surface area contributed by atoms with Crippen LogP contribution in [0.15, 0.2) is 18.2 Å². The van der Waals surface area contributed by atoms with Crippen molar-refractivity contribution in [2.24, 2.45) is 5.73 Å². The standard InChI is InChI=1S/C17H29NO/c1-5-14-9-11-17(19-7-3)16(12-14)13(4)8-10-15(18)6-2/h9,11-13,15H,5-8,10,18H2,1-4H3. The van der Waals surface area contributed by atoms with Gasteiger partial charge in [-0.2, -0.15) is 0 Å². The Kier molecular flexibility index (Phi) is 6.93. The predicted molar refractivity (Wildman–Crippen MR) is 82.9 cm³/mol. The van der Waals surface area contributed by atoms with E-state index in [9.17, 15) is 0 Å². The molecular weight excluding hydrogens is 234 g/mol. The maximum Gasteiger partial charge on any atom is 0.122 e. The molecule has 0 bridgehead atoms. The number of ether oxygens (including phenoxy) is 1. The summed E-state index contributed by atoms with van der Waals surface area (Å²) in [4.78, 5) is 0. The molecule has 0 aliphatic heterocycles. The summed E-state index contributed by atoms with van der Waals surface area (Å²) < 4.78 is 5.76. The molecule has 0 aliphatic carbocycles. The van der Waals surface area contributed by atoms with E-state index >= 15 is 0 Å². The third-order valence-corrected chi connectivity index (χ3v) is 3.81. The lowest BCUT2D eigenvalue weighted by atomic mass is 9.91. The van der Waals surface area contributed by atoms with Gasteiger partial charge in [0.05, 0.1) is 6.61 Å². The van der Waals surface area contributed by atoms with Crippen LogP contribution in [0.25, 0.3) is 0 Å². The minimum absolute atomic E-state index is 0.326. The summed E-state index contributed by atoms with van der Waals surface area (Å²) in [6, 6.07) is 6.91. The summed E-state index contributed by atoms with van der Waals surface area (Å²) in [5.41, 5.74) is 8.74. The molecule has 0 heterocycles. The average molecular weight is 263 g/mol. The lowest BCUT2D eigenvalue weighted by Gasteiger charge is -2.19. The highest BCUT2D eigenvalue weighted by Crippen LogP contribution is 2.31. The molecule has 1 rings (SSSR count). The highest BCUT2D eigenvalue weighted by atomic mass is 16.5. The fourth-order valence-electron chi connectivity index (χ4n) is 2.31. The number of nitrogens with two attached hydrogens (primary N) is 1. The summed E-state index contributed by atoms with van der Waals surface area (Å²) in [5.74, 6) is 1.54. The molecule has 2 nitrogen and oxygen atoms in total. The number of aryl methyl sites for hydroxylation is 1. The Hall–Kier alpha value is -1.02. The normalized spacial score (nSPS) is 14.2. The average Bonchev–Trinajstić information content (AvgIpc) is 2.45. The van der Waals surface area contributed by atoms with Crippen LogP contribution in [0.2, 0.25) is 0 Å². The zero-order valence-corrected chi connectivity index (χ0v) is 12.9. The Morgan fingerprint density at radius 2 is 1.89 bits per heavy atom. The van der Waals surface area contributed by atoms with Crippen LogP contribution >= 0.6 is 0 Å². The van der Waals surface area contributed by atoms with E-state index in [0.29, 0.717) is 12.0 Å². The first-order valence-corrected chi connectivity index (χ1v) is 7.63. The lowest BCUT2D eigenvalue weighted by molar-refractivity contribution is 0.333. The molecule has 1 aromatic rings. The maximum absolute atomic E-state index is 6.02. The van der Waals surface area contributed by atoms with E-state index in [4.69, 9.17) is 10.5 Å². The predicted octanol–water partition coefficient (Wildman–Crippen LogP) is 4.27. The molecule has 2 unspecified atom stereocenters. The Labute approximate surface area is 118 Å². The molecular formula is C17H29NO. The van der Waals surface area contributed by atoms with Crippen LogP contribution in [0.1, 0.15) is 64.0 Å². The molecule has 0 saturated heterocycles. The van der Waals surface area contributed by atoms with E-state index in [1.807, 2.05) is 6.92 Å². The molecule has 2 N–H and O–H groups in total. The summed E-state index contributed by atoms with van der Waals surface area (Å²) >= 11 is 0. The molecule has 2 heteroatoms. The fourth-order valence-corrected chi connectivity index (χ4v) is 2.31. The molecule has 0 fully saturated rings. The van der Waals surface area contributed by atoms with Gasteiger partial charge in [-0.15, -0.1) is 0 Å². The second kappa shape index (κ2) is 8.21. The first-order valence-electron chi connectivity index (χ1n) is 7.63. The van der Waals surface area contributed by atoms with Gasteiger partial charge < -0.3 is 10.5 Å². The smallest absolute Gasteiger partial charge is 0.122 e. The molecule has 0 saturated carbocycles. The van der Waals surface area contributed by atoms with Gasteiger partial charge in [0.2, 0.25) is 0 Å². The molecule has 0 aliphatic rings. The van der Waals surface area contributed by atoms with E-state index in [-0.39, 0.29) is 0 Å². The van der Waals surface area contributed by atoms with E-state index in [1.165, 1.54) is 11.1 Å². The van der Waals surface area contributed by atoms with Gasteiger partial charge in [0.1, 0.15) is 5.75 Å². The maximum atomic E-state index is 6.02. The Morgan fingerprint density at radius 1 is 1.16 bits per heavy atom. The van der Waals surface area contributed by atoms with Crippen LogP contribution in [0, 0.1) is 0 Å². The first kappa shape index (κ1) is 16.0. The van der Waals surface area contributed by atoms with Crippen LogP contribution in [0.4, 0.5) is 0 Å². The molecule has 1 aromatic carbocycles. The van der Waals surface area contributed by atoms with Gasteiger partial charge in [0, 0.05) is 6.04 Å². The summed E-state index contributed by atoms with van der Waals surface area (Å²) in [6.07, 6.45) is 4.34. The summed E-state index contributed by atoms with van der Waals surface area (Å²) in [7, 11) is 0. The van der Waals surface area contributed by atoms with Gasteiger partial charge in [0.25, 0.3) is 0 Å². The lowest BCUT2D eigenvalue weighted by Crippen LogP contribution is -2.19. The highest BCUT2D eigenvalue weighted by molar-refractivity contribution is 5.39. The summed E-state index contributed by atoms with van der Waals surface area (Å²) in [5, 5.41) is 0. The van der Waals surface area contributed by atoms with Crippen LogP contribution in [0.5, 0.6) is 5.75 Å². The largest absolute Gasteiger partial charge is 0.494 e. The van der Waals surface area contributed by atoms with Crippen molar-refractivity contribution in [3.05, 3.63) is 29.3 Å². The van der Waals surface area contributed by atoms with E-state index in [1.54, 1.807) is 0 Å². The zero-order chi connectivity index (χ0) is 14.3. The Morgan fingerprint density at radius 3 is 2.47 bits per heavy atom. The van der Waals surface area contributed by atoms with Crippen molar-refractivity contribution in [1.82, 2.24) is 0 Å². The molecule has 108 valence electrons. The van der Waals surface area contributed by atoms with Gasteiger partial charge in [-0.1, -0.05) is 32.9 Å². The third kappa shape index (κ3) is 4.87. The van der Waals surface area contributed by atoms with Gasteiger partial charge in [-0.3, -0.25) is 0 Å². The van der Waals surface area contributed by atoms with Gasteiger partial charge in [0.15, 0.2) is 0 Å². The monoisotopic (exact) mass is 263 g/mol. The zero-order valence-electron chi connectivity index (χ0n) is 12.9. The minimum atomic E-state index is 0.326. The molecule has 0 radical (unpaired) electrons. The topological polar surface area (TPSA) is 35.2 Å². The van der Waals surface area contributed by atoms with Crippen molar-refractivity contribution >= 4 is 0 Å². The fraction of sp³-hybridized carbons (Fsp3) is 0.647. The Bertz CT molecular complexity index is 376. The molecule has 2 atom stereocenters. The summed E-state index contributed by atoms with van der Waals surface area (Å²) in [6.45, 7) is 9.38. The minimum Gasteiger partial charge on any atom is -0.494 e. The molecule has 0 amide bonds. The van der Waals surface area contributed by atoms with Gasteiger partial charge in [-0.25, -0.2) is 0 Å². The van der Waals surface area contributed by atoms with Crippen LogP contribution < -0.4 is 10.5 Å².